The fourth-order valence-corrected chi connectivity index (χ4v) is 2.42. The Bertz CT molecular complexity index is 429. The zero-order valence-corrected chi connectivity index (χ0v) is 12.0. The molecule has 6 heteroatoms. The third kappa shape index (κ3) is 3.29. The molecule has 2 amide bonds. The average molecular weight is 282 g/mol. The molecule has 0 spiro atoms. The molecular formula is C14H22N2O4. The second kappa shape index (κ2) is 5.42. The summed E-state index contributed by atoms with van der Waals surface area (Å²) < 4.78 is 0. The molecule has 1 atom stereocenters. The van der Waals surface area contributed by atoms with Gasteiger partial charge in [-0.2, -0.15) is 0 Å². The number of carbonyl (C=O) groups is 3. The highest BCUT2D eigenvalue weighted by Gasteiger charge is 2.39. The van der Waals surface area contributed by atoms with E-state index in [1.165, 1.54) is 13.8 Å². The Balaban J connectivity index is 1.97. The van der Waals surface area contributed by atoms with Crippen LogP contribution >= 0.6 is 0 Å². The number of carbonyl (C=O) groups excluding carboxylic acids is 2. The molecule has 2 fully saturated rings. The summed E-state index contributed by atoms with van der Waals surface area (Å²) in [5, 5.41) is 12.0. The second-order valence-corrected chi connectivity index (χ2v) is 6.39. The van der Waals surface area contributed by atoms with Gasteiger partial charge in [-0.05, 0) is 39.5 Å². The highest BCUT2D eigenvalue weighted by atomic mass is 16.4. The lowest BCUT2D eigenvalue weighted by Gasteiger charge is -2.27. The van der Waals surface area contributed by atoms with E-state index in [0.29, 0.717) is 13.0 Å². The molecule has 0 bridgehead atoms. The smallest absolute Gasteiger partial charge is 0.309 e. The Kier molecular flexibility index (Phi) is 4.01. The van der Waals surface area contributed by atoms with Crippen molar-refractivity contribution in [2.24, 2.45) is 5.41 Å². The first-order valence-corrected chi connectivity index (χ1v) is 7.14. The molecule has 2 rings (SSSR count). The van der Waals surface area contributed by atoms with Gasteiger partial charge in [0.25, 0.3) is 0 Å². The molecule has 2 aliphatic rings. The van der Waals surface area contributed by atoms with Crippen molar-refractivity contribution in [1.29, 1.82) is 0 Å². The van der Waals surface area contributed by atoms with Crippen LogP contribution in [0.25, 0.3) is 0 Å². The minimum Gasteiger partial charge on any atom is -0.481 e. The Morgan fingerprint density at radius 1 is 1.25 bits per heavy atom. The number of hydrogen-bond donors (Lipinski definition) is 2. The summed E-state index contributed by atoms with van der Waals surface area (Å²) in [5.41, 5.74) is -1.10. The molecule has 0 radical (unpaired) electrons. The lowest BCUT2D eigenvalue weighted by Crippen LogP contribution is -2.47. The van der Waals surface area contributed by atoms with Crippen molar-refractivity contribution >= 4 is 17.8 Å². The second-order valence-electron chi connectivity index (χ2n) is 6.39. The Labute approximate surface area is 118 Å². The summed E-state index contributed by atoms with van der Waals surface area (Å²) in [6, 6.07) is -0.150. The van der Waals surface area contributed by atoms with Crippen molar-refractivity contribution in [3.8, 4) is 0 Å². The third-order valence-corrected chi connectivity index (χ3v) is 3.97. The Morgan fingerprint density at radius 3 is 2.45 bits per heavy atom. The fourth-order valence-electron chi connectivity index (χ4n) is 2.42. The molecule has 6 nitrogen and oxygen atoms in total. The van der Waals surface area contributed by atoms with Crippen LogP contribution < -0.4 is 5.32 Å². The van der Waals surface area contributed by atoms with Crippen molar-refractivity contribution in [2.45, 2.75) is 58.0 Å². The lowest BCUT2D eigenvalue weighted by molar-refractivity contribution is -0.152. The van der Waals surface area contributed by atoms with Gasteiger partial charge < -0.3 is 15.3 Å². The van der Waals surface area contributed by atoms with Gasteiger partial charge in [-0.3, -0.25) is 14.4 Å². The summed E-state index contributed by atoms with van der Waals surface area (Å²) in [7, 11) is 0. The Morgan fingerprint density at radius 2 is 1.90 bits per heavy atom. The normalized spacial score (nSPS) is 22.7. The van der Waals surface area contributed by atoms with E-state index in [9.17, 15) is 14.4 Å². The monoisotopic (exact) mass is 282 g/mol. The van der Waals surface area contributed by atoms with Crippen LogP contribution in [0, 0.1) is 5.41 Å². The maximum atomic E-state index is 12.3. The minimum atomic E-state index is -1.10. The number of likely N-dealkylation sites (tertiary alicyclic amines) is 1. The molecule has 1 saturated carbocycles. The number of hydrogen-bond acceptors (Lipinski definition) is 3. The molecule has 1 aliphatic heterocycles. The number of nitrogens with zero attached hydrogens (tertiary/aromatic N) is 1. The predicted octanol–water partition coefficient (Wildman–Crippen LogP) is 0.757. The van der Waals surface area contributed by atoms with Gasteiger partial charge in [-0.1, -0.05) is 0 Å². The summed E-state index contributed by atoms with van der Waals surface area (Å²) in [5.74, 6) is -1.33. The van der Waals surface area contributed by atoms with E-state index in [1.54, 1.807) is 4.90 Å². The summed E-state index contributed by atoms with van der Waals surface area (Å²) >= 11 is 0. The van der Waals surface area contributed by atoms with Crippen molar-refractivity contribution in [2.75, 3.05) is 6.54 Å². The molecule has 20 heavy (non-hydrogen) atoms. The molecular weight excluding hydrogens is 260 g/mol. The summed E-state index contributed by atoms with van der Waals surface area (Å²) in [4.78, 5) is 37.0. The van der Waals surface area contributed by atoms with Gasteiger partial charge in [0, 0.05) is 19.0 Å². The first kappa shape index (κ1) is 14.8. The largest absolute Gasteiger partial charge is 0.481 e. The Hall–Kier alpha value is -1.59. The van der Waals surface area contributed by atoms with Crippen LogP contribution in [0.4, 0.5) is 0 Å². The van der Waals surface area contributed by atoms with Crippen LogP contribution in [0.15, 0.2) is 0 Å². The van der Waals surface area contributed by atoms with E-state index in [1.807, 2.05) is 0 Å². The molecule has 112 valence electrons. The molecule has 2 N–H and O–H groups in total. The molecule has 1 saturated heterocycles. The van der Waals surface area contributed by atoms with Gasteiger partial charge in [0.05, 0.1) is 5.41 Å². The van der Waals surface area contributed by atoms with E-state index < -0.39 is 17.4 Å². The maximum Gasteiger partial charge on any atom is 0.309 e. The molecule has 0 aromatic rings. The molecule has 0 aromatic heterocycles. The average Bonchev–Trinajstić information content (AvgIpc) is 3.01. The van der Waals surface area contributed by atoms with Gasteiger partial charge in [-0.25, -0.2) is 0 Å². The highest BCUT2D eigenvalue weighted by Crippen LogP contribution is 2.26. The zero-order valence-electron chi connectivity index (χ0n) is 12.0. The predicted molar refractivity (Wildman–Crippen MR) is 71.9 cm³/mol. The number of nitrogens with one attached hydrogen (secondary N) is 1. The fraction of sp³-hybridized carbons (Fsp3) is 0.786. The first-order valence-electron chi connectivity index (χ1n) is 7.14. The van der Waals surface area contributed by atoms with Crippen LogP contribution in [0.5, 0.6) is 0 Å². The topological polar surface area (TPSA) is 86.7 Å². The SMILES string of the molecule is CC(C)(CC(=O)N1CCCC1C(=O)NC1CC1)C(=O)O. The lowest BCUT2D eigenvalue weighted by atomic mass is 9.89. The highest BCUT2D eigenvalue weighted by molar-refractivity contribution is 5.90. The van der Waals surface area contributed by atoms with E-state index in [-0.39, 0.29) is 24.3 Å². The number of amides is 2. The number of aliphatic carboxylic acids is 1. The zero-order chi connectivity index (χ0) is 14.9. The first-order chi connectivity index (χ1) is 9.31. The van der Waals surface area contributed by atoms with Gasteiger partial charge in [0.2, 0.25) is 11.8 Å². The van der Waals surface area contributed by atoms with Crippen molar-refractivity contribution < 1.29 is 19.5 Å². The number of rotatable bonds is 5. The van der Waals surface area contributed by atoms with E-state index in [2.05, 4.69) is 5.32 Å². The van der Waals surface area contributed by atoms with Gasteiger partial charge in [-0.15, -0.1) is 0 Å². The molecule has 0 aromatic carbocycles. The quantitative estimate of drug-likeness (QED) is 0.779. The van der Waals surface area contributed by atoms with Crippen LogP contribution in [-0.2, 0) is 14.4 Å². The summed E-state index contributed by atoms with van der Waals surface area (Å²) in [6.45, 7) is 3.60. The standard InChI is InChI=1S/C14H22N2O4/c1-14(2,13(19)20)8-11(17)16-7-3-4-10(16)12(18)15-9-5-6-9/h9-10H,3-8H2,1-2H3,(H,15,18)(H,19,20). The van der Waals surface area contributed by atoms with Gasteiger partial charge in [0.15, 0.2) is 0 Å². The van der Waals surface area contributed by atoms with E-state index in [4.69, 9.17) is 5.11 Å². The molecule has 1 aliphatic carbocycles. The van der Waals surface area contributed by atoms with Crippen molar-refractivity contribution in [3.63, 3.8) is 0 Å². The summed E-state index contributed by atoms with van der Waals surface area (Å²) in [6.07, 6.45) is 3.41. The van der Waals surface area contributed by atoms with E-state index in [0.717, 1.165) is 19.3 Å². The van der Waals surface area contributed by atoms with Crippen LogP contribution in [0.2, 0.25) is 0 Å². The van der Waals surface area contributed by atoms with Crippen molar-refractivity contribution in [1.82, 2.24) is 10.2 Å². The van der Waals surface area contributed by atoms with Crippen molar-refractivity contribution in [3.05, 3.63) is 0 Å². The molecule has 1 unspecified atom stereocenters. The van der Waals surface area contributed by atoms with Crippen LogP contribution in [-0.4, -0.2) is 46.4 Å². The van der Waals surface area contributed by atoms with Crippen LogP contribution in [0.1, 0.15) is 46.0 Å². The van der Waals surface area contributed by atoms with E-state index >= 15 is 0 Å². The number of carboxylic acids is 1. The van der Waals surface area contributed by atoms with Gasteiger partial charge >= 0.3 is 5.97 Å². The maximum absolute atomic E-state index is 12.3. The minimum absolute atomic E-state index is 0.0739. The van der Waals surface area contributed by atoms with Gasteiger partial charge in [0.1, 0.15) is 6.04 Å². The molecule has 1 heterocycles. The third-order valence-electron chi connectivity index (χ3n) is 3.97. The van der Waals surface area contributed by atoms with Crippen LogP contribution in [0.3, 0.4) is 0 Å². The number of carboxylic acid groups (broad SMARTS) is 1.